The number of hydrogen-bond donors (Lipinski definition) is 2. The molecule has 3 heteroatoms. The number of benzene rings is 4. The zero-order valence-electron chi connectivity index (χ0n) is 28.5. The van der Waals surface area contributed by atoms with Gasteiger partial charge in [-0.15, -0.1) is 0 Å². The van der Waals surface area contributed by atoms with Gasteiger partial charge in [0.1, 0.15) is 0 Å². The van der Waals surface area contributed by atoms with E-state index in [2.05, 4.69) is 126 Å². The van der Waals surface area contributed by atoms with Gasteiger partial charge in [0, 0.05) is 0 Å². The molecule has 0 aromatic heterocycles. The Morgan fingerprint density at radius 2 is 0.837 bits per heavy atom. The summed E-state index contributed by atoms with van der Waals surface area (Å²) in [6.45, 7) is 26.3. The van der Waals surface area contributed by atoms with Crippen LogP contribution >= 0.6 is 7.06 Å². The van der Waals surface area contributed by atoms with Crippen LogP contribution < -0.4 is 15.9 Å². The molecule has 0 bridgehead atoms. The molecule has 0 spiro atoms. The molecule has 0 saturated heterocycles. The Labute approximate surface area is 261 Å². The molecule has 43 heavy (non-hydrogen) atoms. The van der Waals surface area contributed by atoms with Crippen molar-refractivity contribution in [1.82, 2.24) is 0 Å². The van der Waals surface area contributed by atoms with Crippen LogP contribution in [-0.2, 0) is 21.7 Å². The van der Waals surface area contributed by atoms with Gasteiger partial charge < -0.3 is 0 Å². The van der Waals surface area contributed by atoms with Crippen molar-refractivity contribution in [2.45, 2.75) is 105 Å². The molecule has 0 fully saturated rings. The Kier molecular flexibility index (Phi) is 8.24. The molecule has 4 aromatic carbocycles. The molecular formula is C40H53O2P. The van der Waals surface area contributed by atoms with Crippen LogP contribution in [-0.4, -0.2) is 9.79 Å². The van der Waals surface area contributed by atoms with Crippen LogP contribution in [0.1, 0.15) is 105 Å². The fourth-order valence-corrected chi connectivity index (χ4v) is 9.93. The molecule has 2 N–H and O–H groups in total. The van der Waals surface area contributed by atoms with Gasteiger partial charge in [0.25, 0.3) is 0 Å². The van der Waals surface area contributed by atoms with Crippen LogP contribution in [0.15, 0.2) is 91.0 Å². The SMILES string of the molecule is CC(C)(C)c1ccc(P(O)(O)(c2cccc(-c3ccccc3)c2)c2ccc(C(C)(C)C)cc2C(C)(C)C)c(C(C)(C)C)c1. The monoisotopic (exact) mass is 596 g/mol. The van der Waals surface area contributed by atoms with Crippen molar-refractivity contribution in [3.05, 3.63) is 113 Å². The summed E-state index contributed by atoms with van der Waals surface area (Å²) in [7, 11) is -5.05. The molecule has 0 aliphatic heterocycles. The van der Waals surface area contributed by atoms with Gasteiger partial charge in [0.05, 0.1) is 0 Å². The molecule has 230 valence electrons. The van der Waals surface area contributed by atoms with Crippen molar-refractivity contribution < 1.29 is 9.79 Å². The first-order chi connectivity index (χ1) is 19.5. The molecule has 0 unspecified atom stereocenters. The maximum atomic E-state index is 13.7. The summed E-state index contributed by atoms with van der Waals surface area (Å²) in [6.07, 6.45) is 0. The third kappa shape index (κ3) is 6.26. The zero-order valence-corrected chi connectivity index (χ0v) is 29.4. The third-order valence-electron chi connectivity index (χ3n) is 8.70. The van der Waals surface area contributed by atoms with E-state index in [9.17, 15) is 9.79 Å². The summed E-state index contributed by atoms with van der Waals surface area (Å²) in [6, 6.07) is 30.8. The van der Waals surface area contributed by atoms with E-state index in [-0.39, 0.29) is 21.7 Å². The molecule has 0 heterocycles. The molecule has 0 atom stereocenters. The van der Waals surface area contributed by atoms with E-state index in [0.29, 0.717) is 15.9 Å². The minimum atomic E-state index is -5.05. The van der Waals surface area contributed by atoms with Crippen molar-refractivity contribution >= 4 is 23.0 Å². The summed E-state index contributed by atoms with van der Waals surface area (Å²) in [5.41, 5.74) is 5.44. The van der Waals surface area contributed by atoms with E-state index >= 15 is 0 Å². The summed E-state index contributed by atoms with van der Waals surface area (Å²) >= 11 is 0. The predicted molar refractivity (Wildman–Crippen MR) is 190 cm³/mol. The van der Waals surface area contributed by atoms with Gasteiger partial charge in [-0.1, -0.05) is 0 Å². The van der Waals surface area contributed by atoms with Crippen LogP contribution in [0.3, 0.4) is 0 Å². The second-order valence-electron chi connectivity index (χ2n) is 16.4. The van der Waals surface area contributed by atoms with Gasteiger partial charge in [0.15, 0.2) is 0 Å². The number of hydrogen-bond acceptors (Lipinski definition) is 2. The molecule has 0 amide bonds. The molecule has 4 rings (SSSR count). The first kappa shape index (κ1) is 33.1. The Bertz CT molecular complexity index is 1540. The van der Waals surface area contributed by atoms with Gasteiger partial charge in [-0.05, 0) is 0 Å². The van der Waals surface area contributed by atoms with Gasteiger partial charge in [-0.3, -0.25) is 0 Å². The first-order valence-corrected chi connectivity index (χ1v) is 17.7. The van der Waals surface area contributed by atoms with E-state index in [4.69, 9.17) is 0 Å². The molecule has 4 aromatic rings. The van der Waals surface area contributed by atoms with Crippen molar-refractivity contribution in [3.63, 3.8) is 0 Å². The molecular weight excluding hydrogens is 543 g/mol. The summed E-state index contributed by atoms with van der Waals surface area (Å²) in [5, 5.41) is 1.78. The summed E-state index contributed by atoms with van der Waals surface area (Å²) in [5.74, 6) is 0. The fraction of sp³-hybridized carbons (Fsp3) is 0.400. The van der Waals surface area contributed by atoms with Crippen LogP contribution in [0.4, 0.5) is 0 Å². The predicted octanol–water partition coefficient (Wildman–Crippen LogP) is 9.19. The maximum absolute atomic E-state index is 13.7. The molecule has 2 nitrogen and oxygen atoms in total. The van der Waals surface area contributed by atoms with E-state index in [1.807, 2.05) is 48.5 Å². The second kappa shape index (κ2) is 10.7. The Morgan fingerprint density at radius 3 is 1.23 bits per heavy atom. The van der Waals surface area contributed by atoms with Crippen LogP contribution in [0.5, 0.6) is 0 Å². The van der Waals surface area contributed by atoms with Crippen molar-refractivity contribution in [2.24, 2.45) is 0 Å². The van der Waals surface area contributed by atoms with Crippen LogP contribution in [0, 0.1) is 0 Å². The van der Waals surface area contributed by atoms with Crippen LogP contribution in [0.2, 0.25) is 0 Å². The summed E-state index contributed by atoms with van der Waals surface area (Å²) < 4.78 is 0. The summed E-state index contributed by atoms with van der Waals surface area (Å²) in [4.78, 5) is 27.4. The van der Waals surface area contributed by atoms with E-state index in [1.165, 1.54) is 11.1 Å². The van der Waals surface area contributed by atoms with Gasteiger partial charge in [-0.25, -0.2) is 0 Å². The van der Waals surface area contributed by atoms with Gasteiger partial charge in [-0.2, -0.15) is 0 Å². The van der Waals surface area contributed by atoms with Gasteiger partial charge in [0.2, 0.25) is 0 Å². The average molecular weight is 597 g/mol. The van der Waals surface area contributed by atoms with Crippen molar-refractivity contribution in [2.75, 3.05) is 0 Å². The normalized spacial score (nSPS) is 14.3. The standard InChI is InChI=1S/C40H53O2P/c1-37(2,3)30-21-23-35(33(26-30)39(7,8)9)43(41,42,32-20-16-19-29(25-32)28-17-14-13-15-18-28)36-24-22-31(38(4,5)6)27-34(36)40(10,11)12/h13-27,41-42H,1-12H3. The quantitative estimate of drug-likeness (QED) is 0.231. The molecule has 0 radical (unpaired) electrons. The molecule has 0 saturated carbocycles. The fourth-order valence-electron chi connectivity index (χ4n) is 5.93. The second-order valence-corrected chi connectivity index (χ2v) is 19.9. The van der Waals surface area contributed by atoms with E-state index < -0.39 is 7.06 Å². The first-order valence-electron chi connectivity index (χ1n) is 15.5. The molecule has 0 aliphatic rings. The Morgan fingerprint density at radius 1 is 0.419 bits per heavy atom. The zero-order chi connectivity index (χ0) is 32.2. The average Bonchev–Trinajstić information content (AvgIpc) is 2.91. The van der Waals surface area contributed by atoms with E-state index in [0.717, 1.165) is 22.3 Å². The van der Waals surface area contributed by atoms with Crippen LogP contribution in [0.25, 0.3) is 11.1 Å². The van der Waals surface area contributed by atoms with Crippen molar-refractivity contribution in [3.8, 4) is 11.1 Å². The van der Waals surface area contributed by atoms with Gasteiger partial charge >= 0.3 is 262 Å². The minimum absolute atomic E-state index is 0.0853. The third-order valence-corrected chi connectivity index (χ3v) is 12.6. The Hall–Kier alpha value is -2.77. The Balaban J connectivity index is 2.23. The van der Waals surface area contributed by atoms with E-state index in [1.54, 1.807) is 0 Å². The topological polar surface area (TPSA) is 40.5 Å². The number of rotatable bonds is 4. The molecule has 0 aliphatic carbocycles. The van der Waals surface area contributed by atoms with Crippen molar-refractivity contribution in [1.29, 1.82) is 0 Å².